The molecule has 0 aliphatic rings. The predicted octanol–water partition coefficient (Wildman–Crippen LogP) is 0.773. The minimum absolute atomic E-state index is 0.0354. The summed E-state index contributed by atoms with van der Waals surface area (Å²) in [6.45, 7) is 1.51. The molecule has 2 rings (SSSR count). The normalized spacial score (nSPS) is 10.2. The molecule has 2 aromatic rings. The summed E-state index contributed by atoms with van der Waals surface area (Å²) in [7, 11) is 0. The van der Waals surface area contributed by atoms with Gasteiger partial charge in [0.1, 0.15) is 6.54 Å². The number of hydrogen-bond donors (Lipinski definition) is 2. The predicted molar refractivity (Wildman–Crippen MR) is 72.7 cm³/mol. The van der Waals surface area contributed by atoms with Gasteiger partial charge in [0.25, 0.3) is 5.56 Å². The van der Waals surface area contributed by atoms with Crippen molar-refractivity contribution in [3.05, 3.63) is 52.4 Å². The van der Waals surface area contributed by atoms with Crippen molar-refractivity contribution >= 4 is 17.5 Å². The molecule has 1 amide bonds. The summed E-state index contributed by atoms with van der Waals surface area (Å²) in [5, 5.41) is 2.68. The fourth-order valence-electron chi connectivity index (χ4n) is 1.67. The Balaban J connectivity index is 2.14. The molecule has 6 heteroatoms. The lowest BCUT2D eigenvalue weighted by atomic mass is 10.3. The van der Waals surface area contributed by atoms with E-state index in [2.05, 4.69) is 10.3 Å². The number of benzene rings is 1. The van der Waals surface area contributed by atoms with Crippen LogP contribution in [0.3, 0.4) is 0 Å². The van der Waals surface area contributed by atoms with E-state index < -0.39 is 0 Å². The zero-order valence-electron chi connectivity index (χ0n) is 10.5. The van der Waals surface area contributed by atoms with E-state index in [4.69, 9.17) is 5.73 Å². The molecule has 19 heavy (non-hydrogen) atoms. The van der Waals surface area contributed by atoms with Crippen LogP contribution in [0.25, 0.3) is 0 Å². The first-order valence-electron chi connectivity index (χ1n) is 5.75. The molecule has 98 valence electrons. The molecule has 0 aliphatic heterocycles. The molecule has 1 aromatic carbocycles. The van der Waals surface area contributed by atoms with Gasteiger partial charge in [-0.2, -0.15) is 0 Å². The van der Waals surface area contributed by atoms with E-state index in [1.165, 1.54) is 6.07 Å². The average Bonchev–Trinajstić information content (AvgIpc) is 2.35. The number of nitrogens with one attached hydrogen (secondary N) is 1. The Kier molecular flexibility index (Phi) is 3.61. The number of amides is 1. The molecule has 0 saturated carbocycles. The highest BCUT2D eigenvalue weighted by Gasteiger charge is 2.09. The fourth-order valence-corrected chi connectivity index (χ4v) is 1.67. The summed E-state index contributed by atoms with van der Waals surface area (Å²) in [4.78, 5) is 27.5. The topological polar surface area (TPSA) is 90.0 Å². The van der Waals surface area contributed by atoms with E-state index in [0.29, 0.717) is 11.4 Å². The van der Waals surface area contributed by atoms with Gasteiger partial charge >= 0.3 is 0 Å². The van der Waals surface area contributed by atoms with Crippen LogP contribution in [0, 0.1) is 6.92 Å². The highest BCUT2D eigenvalue weighted by atomic mass is 16.2. The van der Waals surface area contributed by atoms with Gasteiger partial charge in [0, 0.05) is 17.4 Å². The lowest BCUT2D eigenvalue weighted by Gasteiger charge is -2.09. The summed E-state index contributed by atoms with van der Waals surface area (Å²) in [5.41, 5.74) is 6.49. The van der Waals surface area contributed by atoms with Crippen LogP contribution < -0.4 is 16.6 Å². The van der Waals surface area contributed by atoms with E-state index >= 15 is 0 Å². The van der Waals surface area contributed by atoms with Crippen molar-refractivity contribution in [1.82, 2.24) is 9.55 Å². The Morgan fingerprint density at radius 1 is 1.37 bits per heavy atom. The minimum Gasteiger partial charge on any atom is -0.369 e. The van der Waals surface area contributed by atoms with Gasteiger partial charge in [-0.3, -0.25) is 14.2 Å². The molecule has 1 heterocycles. The van der Waals surface area contributed by atoms with Crippen molar-refractivity contribution in [3.8, 4) is 0 Å². The monoisotopic (exact) mass is 258 g/mol. The first-order chi connectivity index (χ1) is 9.06. The van der Waals surface area contributed by atoms with Crippen molar-refractivity contribution in [2.24, 2.45) is 0 Å². The van der Waals surface area contributed by atoms with Crippen LogP contribution in [0.1, 0.15) is 5.69 Å². The van der Waals surface area contributed by atoms with Gasteiger partial charge in [-0.25, -0.2) is 4.98 Å². The first kappa shape index (κ1) is 12.8. The molecule has 1 aromatic heterocycles. The van der Waals surface area contributed by atoms with Crippen LogP contribution >= 0.6 is 0 Å². The van der Waals surface area contributed by atoms with Crippen molar-refractivity contribution in [2.45, 2.75) is 13.5 Å². The standard InChI is InChI=1S/C13H14N4O2/c1-9-7-12(19)17(13(14)15-9)8-11(18)16-10-5-3-2-4-6-10/h2-7H,8H2,1H3,(H2,14,15)(H,16,18). The molecule has 0 bridgehead atoms. The molecule has 0 fully saturated rings. The first-order valence-corrected chi connectivity index (χ1v) is 5.75. The quantitative estimate of drug-likeness (QED) is 0.851. The molecule has 0 atom stereocenters. The van der Waals surface area contributed by atoms with Crippen molar-refractivity contribution in [2.75, 3.05) is 11.1 Å². The number of nitrogens with two attached hydrogens (primary N) is 1. The van der Waals surface area contributed by atoms with Gasteiger partial charge in [0.2, 0.25) is 11.9 Å². The Hall–Kier alpha value is -2.63. The maximum Gasteiger partial charge on any atom is 0.255 e. The van der Waals surface area contributed by atoms with Crippen LogP contribution in [0.4, 0.5) is 11.6 Å². The number of anilines is 2. The molecule has 3 N–H and O–H groups in total. The number of nitrogens with zero attached hydrogens (tertiary/aromatic N) is 2. The van der Waals surface area contributed by atoms with Crippen LogP contribution in [0.5, 0.6) is 0 Å². The Morgan fingerprint density at radius 2 is 2.05 bits per heavy atom. The van der Waals surface area contributed by atoms with Gasteiger partial charge in [-0.15, -0.1) is 0 Å². The second-order valence-corrected chi connectivity index (χ2v) is 4.09. The third-order valence-corrected chi connectivity index (χ3v) is 2.53. The second-order valence-electron chi connectivity index (χ2n) is 4.09. The van der Waals surface area contributed by atoms with E-state index in [-0.39, 0.29) is 24.0 Å². The van der Waals surface area contributed by atoms with Crippen LogP contribution in [-0.2, 0) is 11.3 Å². The average molecular weight is 258 g/mol. The smallest absolute Gasteiger partial charge is 0.255 e. The SMILES string of the molecule is Cc1cc(=O)n(CC(=O)Nc2ccccc2)c(N)n1. The summed E-state index contributed by atoms with van der Waals surface area (Å²) in [6, 6.07) is 10.3. The lowest BCUT2D eigenvalue weighted by molar-refractivity contribution is -0.116. The van der Waals surface area contributed by atoms with E-state index in [1.54, 1.807) is 19.1 Å². The number of rotatable bonds is 3. The Morgan fingerprint density at radius 3 is 2.68 bits per heavy atom. The molecule has 0 saturated heterocycles. The minimum atomic E-state index is -0.340. The number of aryl methyl sites for hydroxylation is 1. The molecular formula is C13H14N4O2. The van der Waals surface area contributed by atoms with E-state index in [1.807, 2.05) is 18.2 Å². The third kappa shape index (κ3) is 3.19. The van der Waals surface area contributed by atoms with Gasteiger partial charge in [-0.05, 0) is 19.1 Å². The van der Waals surface area contributed by atoms with Crippen molar-refractivity contribution in [1.29, 1.82) is 0 Å². The zero-order chi connectivity index (χ0) is 13.8. The number of nitrogen functional groups attached to an aromatic ring is 1. The van der Waals surface area contributed by atoms with Gasteiger partial charge < -0.3 is 11.1 Å². The molecule has 0 aliphatic carbocycles. The maximum absolute atomic E-state index is 11.8. The third-order valence-electron chi connectivity index (χ3n) is 2.53. The highest BCUT2D eigenvalue weighted by Crippen LogP contribution is 2.05. The summed E-state index contributed by atoms with van der Waals surface area (Å²) in [5.74, 6) is -0.293. The van der Waals surface area contributed by atoms with E-state index in [0.717, 1.165) is 4.57 Å². The summed E-state index contributed by atoms with van der Waals surface area (Å²) in [6.07, 6.45) is 0. The number of hydrogen-bond acceptors (Lipinski definition) is 4. The molecular weight excluding hydrogens is 244 g/mol. The number of carbonyl (C=O) groups is 1. The van der Waals surface area contributed by atoms with Gasteiger partial charge in [0.15, 0.2) is 0 Å². The molecule has 0 spiro atoms. The van der Waals surface area contributed by atoms with Gasteiger partial charge in [-0.1, -0.05) is 18.2 Å². The van der Waals surface area contributed by atoms with Gasteiger partial charge in [0.05, 0.1) is 0 Å². The Labute approximate surface area is 109 Å². The number of aromatic nitrogens is 2. The lowest BCUT2D eigenvalue weighted by Crippen LogP contribution is -2.30. The number of carbonyl (C=O) groups excluding carboxylic acids is 1. The highest BCUT2D eigenvalue weighted by molar-refractivity contribution is 5.90. The van der Waals surface area contributed by atoms with Crippen molar-refractivity contribution in [3.63, 3.8) is 0 Å². The van der Waals surface area contributed by atoms with Crippen molar-refractivity contribution < 1.29 is 4.79 Å². The zero-order valence-corrected chi connectivity index (χ0v) is 10.5. The van der Waals surface area contributed by atoms with Crippen LogP contribution in [0.15, 0.2) is 41.2 Å². The molecule has 0 unspecified atom stereocenters. The summed E-state index contributed by atoms with van der Waals surface area (Å²) < 4.78 is 1.13. The van der Waals surface area contributed by atoms with Crippen LogP contribution in [0.2, 0.25) is 0 Å². The maximum atomic E-state index is 11.8. The van der Waals surface area contributed by atoms with Crippen LogP contribution in [-0.4, -0.2) is 15.5 Å². The largest absolute Gasteiger partial charge is 0.369 e. The van der Waals surface area contributed by atoms with E-state index in [9.17, 15) is 9.59 Å². The Bertz CT molecular complexity index is 649. The molecule has 6 nitrogen and oxygen atoms in total. The second kappa shape index (κ2) is 5.34. The fraction of sp³-hybridized carbons (Fsp3) is 0.154. The number of para-hydroxylation sites is 1. The molecule has 0 radical (unpaired) electrons. The summed E-state index contributed by atoms with van der Waals surface area (Å²) >= 11 is 0.